The molecule has 0 radical (unpaired) electrons. The molecule has 2 N–H and O–H groups in total. The van der Waals surface area contributed by atoms with Crippen molar-refractivity contribution < 1.29 is 14.7 Å². The van der Waals surface area contributed by atoms with Crippen LogP contribution < -0.4 is 5.32 Å². The summed E-state index contributed by atoms with van der Waals surface area (Å²) in [5, 5.41) is 12.5. The Hall–Kier alpha value is -2.30. The third kappa shape index (κ3) is 4.10. The van der Waals surface area contributed by atoms with Gasteiger partial charge in [-0.25, -0.2) is 0 Å². The third-order valence-corrected chi connectivity index (χ3v) is 3.50. The summed E-state index contributed by atoms with van der Waals surface area (Å²) in [6.07, 6.45) is 2.69. The van der Waals surface area contributed by atoms with Crippen molar-refractivity contribution in [2.24, 2.45) is 0 Å². The minimum Gasteiger partial charge on any atom is -0.507 e. The monoisotopic (exact) mass is 335 g/mol. The van der Waals surface area contributed by atoms with E-state index in [9.17, 15) is 14.7 Å². The number of carbonyl (C=O) groups is 2. The van der Waals surface area contributed by atoms with E-state index in [0.717, 1.165) is 0 Å². The predicted octanol–water partition coefficient (Wildman–Crippen LogP) is 3.67. The van der Waals surface area contributed by atoms with Crippen LogP contribution in [0.3, 0.4) is 0 Å². The maximum Gasteiger partial charge on any atom is 0.261 e. The summed E-state index contributed by atoms with van der Waals surface area (Å²) in [7, 11) is 0. The van der Waals surface area contributed by atoms with Crippen molar-refractivity contribution in [3.05, 3.63) is 69.7 Å². The molecule has 0 heterocycles. The topological polar surface area (TPSA) is 66.4 Å². The van der Waals surface area contributed by atoms with Gasteiger partial charge in [-0.2, -0.15) is 0 Å². The number of hydrogen-bond acceptors (Lipinski definition) is 3. The summed E-state index contributed by atoms with van der Waals surface area (Å²) in [5.74, 6) is -1.48. The highest BCUT2D eigenvalue weighted by molar-refractivity contribution is 6.42. The van der Waals surface area contributed by atoms with Crippen molar-refractivity contribution >= 4 is 41.1 Å². The van der Waals surface area contributed by atoms with E-state index in [0.29, 0.717) is 15.6 Å². The zero-order chi connectivity index (χ0) is 16.1. The average Bonchev–Trinajstić information content (AvgIpc) is 2.49. The van der Waals surface area contributed by atoms with Gasteiger partial charge in [-0.05, 0) is 35.9 Å². The molecule has 2 amide bonds. The molecule has 0 aliphatic heterocycles. The van der Waals surface area contributed by atoms with Gasteiger partial charge in [0, 0.05) is 6.08 Å². The van der Waals surface area contributed by atoms with E-state index in [1.54, 1.807) is 30.3 Å². The van der Waals surface area contributed by atoms with Crippen molar-refractivity contribution in [1.29, 1.82) is 0 Å². The molecule has 2 aromatic carbocycles. The Morgan fingerprint density at radius 2 is 1.77 bits per heavy atom. The van der Waals surface area contributed by atoms with E-state index >= 15 is 0 Å². The van der Waals surface area contributed by atoms with Gasteiger partial charge in [-0.3, -0.25) is 14.9 Å². The van der Waals surface area contributed by atoms with Gasteiger partial charge in [0.1, 0.15) is 5.75 Å². The Bertz CT molecular complexity index is 757. The van der Waals surface area contributed by atoms with E-state index < -0.39 is 11.8 Å². The lowest BCUT2D eigenvalue weighted by Crippen LogP contribution is -2.28. The number of phenols is 1. The Balaban J connectivity index is 2.03. The summed E-state index contributed by atoms with van der Waals surface area (Å²) in [4.78, 5) is 23.5. The van der Waals surface area contributed by atoms with Gasteiger partial charge in [0.05, 0.1) is 15.6 Å². The molecule has 0 aromatic heterocycles. The molecule has 2 rings (SSSR count). The SMILES string of the molecule is O=C(/C=C/c1ccc(Cl)c(Cl)c1)NC(=O)c1ccccc1O. The van der Waals surface area contributed by atoms with E-state index in [-0.39, 0.29) is 11.3 Å². The van der Waals surface area contributed by atoms with E-state index in [4.69, 9.17) is 23.2 Å². The fraction of sp³-hybridized carbons (Fsp3) is 0. The number of halogens is 2. The number of nitrogens with one attached hydrogen (secondary N) is 1. The number of phenolic OH excluding ortho intramolecular Hbond substituents is 1. The molecule has 0 saturated heterocycles. The highest BCUT2D eigenvalue weighted by Gasteiger charge is 2.11. The molecule has 0 spiro atoms. The van der Waals surface area contributed by atoms with Gasteiger partial charge in [-0.15, -0.1) is 0 Å². The zero-order valence-electron chi connectivity index (χ0n) is 11.2. The van der Waals surface area contributed by atoms with Gasteiger partial charge in [-0.1, -0.05) is 41.4 Å². The lowest BCUT2D eigenvalue weighted by Gasteiger charge is -2.03. The molecule has 0 unspecified atom stereocenters. The smallest absolute Gasteiger partial charge is 0.261 e. The van der Waals surface area contributed by atoms with Crippen LogP contribution in [0.2, 0.25) is 10.0 Å². The van der Waals surface area contributed by atoms with Gasteiger partial charge in [0.2, 0.25) is 0 Å². The molecular formula is C16H11Cl2NO3. The van der Waals surface area contributed by atoms with E-state index in [1.165, 1.54) is 24.3 Å². The first-order chi connectivity index (χ1) is 10.5. The highest BCUT2D eigenvalue weighted by atomic mass is 35.5. The third-order valence-electron chi connectivity index (χ3n) is 2.76. The minimum atomic E-state index is -0.679. The van der Waals surface area contributed by atoms with Crippen molar-refractivity contribution in [3.8, 4) is 5.75 Å². The van der Waals surface area contributed by atoms with Crippen LogP contribution in [-0.2, 0) is 4.79 Å². The number of hydrogen-bond donors (Lipinski definition) is 2. The second-order valence-electron chi connectivity index (χ2n) is 4.34. The summed E-state index contributed by atoms with van der Waals surface area (Å²) in [6, 6.07) is 10.8. The molecule has 0 bridgehead atoms. The minimum absolute atomic E-state index is 0.0267. The van der Waals surface area contributed by atoms with Crippen LogP contribution in [0, 0.1) is 0 Å². The first-order valence-electron chi connectivity index (χ1n) is 6.24. The Morgan fingerprint density at radius 3 is 2.45 bits per heavy atom. The van der Waals surface area contributed by atoms with E-state index in [1.807, 2.05) is 0 Å². The molecule has 0 fully saturated rings. The first-order valence-corrected chi connectivity index (χ1v) is 6.99. The fourth-order valence-electron chi connectivity index (χ4n) is 1.67. The summed E-state index contributed by atoms with van der Waals surface area (Å²) < 4.78 is 0. The maximum atomic E-state index is 11.8. The van der Waals surface area contributed by atoms with Crippen molar-refractivity contribution in [2.75, 3.05) is 0 Å². The van der Waals surface area contributed by atoms with Crippen LogP contribution in [-0.4, -0.2) is 16.9 Å². The summed E-state index contributed by atoms with van der Waals surface area (Å²) in [6.45, 7) is 0. The zero-order valence-corrected chi connectivity index (χ0v) is 12.7. The number of rotatable bonds is 3. The fourth-order valence-corrected chi connectivity index (χ4v) is 1.98. The summed E-state index contributed by atoms with van der Waals surface area (Å²) >= 11 is 11.7. The van der Waals surface area contributed by atoms with Crippen LogP contribution >= 0.6 is 23.2 Å². The Kier molecular flexibility index (Phi) is 5.20. The van der Waals surface area contributed by atoms with Crippen molar-refractivity contribution in [3.63, 3.8) is 0 Å². The largest absolute Gasteiger partial charge is 0.507 e. The van der Waals surface area contributed by atoms with Crippen LogP contribution in [0.1, 0.15) is 15.9 Å². The lowest BCUT2D eigenvalue weighted by atomic mass is 10.2. The van der Waals surface area contributed by atoms with Crippen LogP contribution in [0.15, 0.2) is 48.5 Å². The molecule has 4 nitrogen and oxygen atoms in total. The van der Waals surface area contributed by atoms with Crippen LogP contribution in [0.5, 0.6) is 5.75 Å². The number of carbonyl (C=O) groups excluding carboxylic acids is 2. The van der Waals surface area contributed by atoms with Gasteiger partial charge >= 0.3 is 0 Å². The van der Waals surface area contributed by atoms with Crippen LogP contribution in [0.25, 0.3) is 6.08 Å². The average molecular weight is 336 g/mol. The molecule has 2 aromatic rings. The summed E-state index contributed by atoms with van der Waals surface area (Å²) in [5.41, 5.74) is 0.693. The highest BCUT2D eigenvalue weighted by Crippen LogP contribution is 2.23. The molecule has 6 heteroatoms. The normalized spacial score (nSPS) is 10.6. The number of benzene rings is 2. The van der Waals surface area contributed by atoms with E-state index in [2.05, 4.69) is 5.32 Å². The lowest BCUT2D eigenvalue weighted by molar-refractivity contribution is -0.115. The number of imide groups is 1. The quantitative estimate of drug-likeness (QED) is 0.841. The van der Waals surface area contributed by atoms with Crippen LogP contribution in [0.4, 0.5) is 0 Å². The molecule has 22 heavy (non-hydrogen) atoms. The Morgan fingerprint density at radius 1 is 1.05 bits per heavy atom. The molecule has 112 valence electrons. The number of amides is 2. The second kappa shape index (κ2) is 7.11. The number of para-hydroxylation sites is 1. The van der Waals surface area contributed by atoms with Gasteiger partial charge in [0.15, 0.2) is 0 Å². The molecule has 0 aliphatic rings. The Labute approximate surface area is 137 Å². The van der Waals surface area contributed by atoms with Gasteiger partial charge in [0.25, 0.3) is 11.8 Å². The molecule has 0 atom stereocenters. The molecular weight excluding hydrogens is 325 g/mol. The maximum absolute atomic E-state index is 11.8. The van der Waals surface area contributed by atoms with Crippen molar-refractivity contribution in [1.82, 2.24) is 5.32 Å². The predicted molar refractivity (Wildman–Crippen MR) is 86.1 cm³/mol. The number of aromatic hydroxyl groups is 1. The first kappa shape index (κ1) is 16.1. The standard InChI is InChI=1S/C16H11Cl2NO3/c17-12-7-5-10(9-13(12)18)6-8-15(21)19-16(22)11-3-1-2-4-14(11)20/h1-9,20H,(H,19,21,22)/b8-6+. The molecule has 0 saturated carbocycles. The molecule has 0 aliphatic carbocycles. The van der Waals surface area contributed by atoms with Crippen molar-refractivity contribution in [2.45, 2.75) is 0 Å². The second-order valence-corrected chi connectivity index (χ2v) is 5.16. The van der Waals surface area contributed by atoms with Gasteiger partial charge < -0.3 is 5.11 Å².